The predicted molar refractivity (Wildman–Crippen MR) is 84.2 cm³/mol. The van der Waals surface area contributed by atoms with Crippen molar-refractivity contribution in [2.24, 2.45) is 0 Å². The van der Waals surface area contributed by atoms with Crippen LogP contribution in [0.2, 0.25) is 0 Å². The fraction of sp³-hybridized carbons (Fsp3) is 0.176. The molecule has 1 unspecified atom stereocenters. The Hall–Kier alpha value is -2.82. The number of hydrogen-bond donors (Lipinski definition) is 2. The average Bonchev–Trinajstić information content (AvgIpc) is 2.89. The normalized spacial score (nSPS) is 17.5. The number of nitrogens with zero attached hydrogens (tertiary/aromatic N) is 1. The fourth-order valence-corrected chi connectivity index (χ4v) is 2.61. The van der Waals surface area contributed by atoms with Crippen LogP contribution in [0.1, 0.15) is 16.8 Å². The molecule has 1 atom stereocenters. The van der Waals surface area contributed by atoms with E-state index in [2.05, 4.69) is 5.32 Å². The molecule has 5 heteroatoms. The van der Waals surface area contributed by atoms with Gasteiger partial charge in [0.15, 0.2) is 0 Å². The smallest absolute Gasteiger partial charge is 0.335 e. The van der Waals surface area contributed by atoms with E-state index in [4.69, 9.17) is 5.11 Å². The zero-order valence-corrected chi connectivity index (χ0v) is 11.9. The number of aromatic carboxylic acids is 1. The lowest BCUT2D eigenvalue weighted by Gasteiger charge is -2.17. The van der Waals surface area contributed by atoms with E-state index in [0.717, 1.165) is 11.4 Å². The number of rotatable bonds is 4. The van der Waals surface area contributed by atoms with Gasteiger partial charge in [0.25, 0.3) is 0 Å². The van der Waals surface area contributed by atoms with E-state index in [9.17, 15) is 9.59 Å². The van der Waals surface area contributed by atoms with Gasteiger partial charge in [-0.05, 0) is 36.4 Å². The summed E-state index contributed by atoms with van der Waals surface area (Å²) in [5.41, 5.74) is 1.97. The predicted octanol–water partition coefficient (Wildman–Crippen LogP) is 2.60. The molecular formula is C17H16N2O3. The number of amides is 1. The summed E-state index contributed by atoms with van der Waals surface area (Å²) in [6.45, 7) is 0.601. The molecule has 1 saturated heterocycles. The van der Waals surface area contributed by atoms with Crippen LogP contribution in [0.5, 0.6) is 0 Å². The lowest BCUT2D eigenvalue weighted by atomic mass is 10.2. The van der Waals surface area contributed by atoms with Gasteiger partial charge in [0, 0.05) is 24.3 Å². The Morgan fingerprint density at radius 2 is 1.77 bits per heavy atom. The maximum Gasteiger partial charge on any atom is 0.335 e. The number of hydrogen-bond acceptors (Lipinski definition) is 3. The van der Waals surface area contributed by atoms with Gasteiger partial charge in [-0.2, -0.15) is 0 Å². The summed E-state index contributed by atoms with van der Waals surface area (Å²) in [6, 6.07) is 16.1. The third kappa shape index (κ3) is 2.93. The van der Waals surface area contributed by atoms with Gasteiger partial charge in [-0.25, -0.2) is 4.79 Å². The molecule has 1 aliphatic rings. The van der Waals surface area contributed by atoms with Crippen molar-refractivity contribution < 1.29 is 14.7 Å². The molecule has 2 aromatic rings. The van der Waals surface area contributed by atoms with Gasteiger partial charge in [0.2, 0.25) is 5.91 Å². The second kappa shape index (κ2) is 5.89. The van der Waals surface area contributed by atoms with Crippen LogP contribution in [0.3, 0.4) is 0 Å². The molecule has 1 heterocycles. The number of carboxylic acid groups (broad SMARTS) is 1. The summed E-state index contributed by atoms with van der Waals surface area (Å²) in [6.07, 6.45) is 0.426. The molecule has 0 saturated carbocycles. The second-order valence-electron chi connectivity index (χ2n) is 5.27. The molecule has 112 valence electrons. The maximum atomic E-state index is 12.1. The van der Waals surface area contributed by atoms with Crippen LogP contribution < -0.4 is 10.2 Å². The summed E-state index contributed by atoms with van der Waals surface area (Å²) in [5.74, 6) is -0.858. The Morgan fingerprint density at radius 1 is 1.09 bits per heavy atom. The number of para-hydroxylation sites is 1. The fourth-order valence-electron chi connectivity index (χ4n) is 2.61. The molecule has 0 aromatic heterocycles. The van der Waals surface area contributed by atoms with E-state index in [1.807, 2.05) is 30.3 Å². The number of nitrogens with one attached hydrogen (secondary N) is 1. The molecule has 3 rings (SSSR count). The van der Waals surface area contributed by atoms with Crippen LogP contribution in [-0.4, -0.2) is 29.6 Å². The molecule has 1 aliphatic heterocycles. The van der Waals surface area contributed by atoms with Crippen LogP contribution in [0.15, 0.2) is 54.6 Å². The number of carbonyl (C=O) groups excluding carboxylic acids is 1. The van der Waals surface area contributed by atoms with Gasteiger partial charge >= 0.3 is 5.97 Å². The summed E-state index contributed by atoms with van der Waals surface area (Å²) < 4.78 is 0. The van der Waals surface area contributed by atoms with Crippen molar-refractivity contribution in [1.29, 1.82) is 0 Å². The first-order valence-electron chi connectivity index (χ1n) is 7.09. The van der Waals surface area contributed by atoms with E-state index in [-0.39, 0.29) is 17.5 Å². The van der Waals surface area contributed by atoms with Gasteiger partial charge in [0.1, 0.15) is 0 Å². The Morgan fingerprint density at radius 3 is 2.41 bits per heavy atom. The Balaban J connectivity index is 1.67. The highest BCUT2D eigenvalue weighted by molar-refractivity contribution is 5.96. The van der Waals surface area contributed by atoms with Crippen molar-refractivity contribution in [1.82, 2.24) is 0 Å². The van der Waals surface area contributed by atoms with Crippen molar-refractivity contribution in [3.8, 4) is 0 Å². The summed E-state index contributed by atoms with van der Waals surface area (Å²) >= 11 is 0. The molecule has 2 aromatic carbocycles. The lowest BCUT2D eigenvalue weighted by Crippen LogP contribution is -2.27. The summed E-state index contributed by atoms with van der Waals surface area (Å²) in [7, 11) is 0. The van der Waals surface area contributed by atoms with E-state index in [1.165, 1.54) is 0 Å². The van der Waals surface area contributed by atoms with Gasteiger partial charge < -0.3 is 15.3 Å². The van der Waals surface area contributed by atoms with Gasteiger partial charge in [-0.15, -0.1) is 0 Å². The molecule has 2 N–H and O–H groups in total. The molecule has 0 aliphatic carbocycles. The molecule has 1 fully saturated rings. The minimum Gasteiger partial charge on any atom is -0.478 e. The number of anilines is 2. The molecule has 5 nitrogen and oxygen atoms in total. The molecule has 22 heavy (non-hydrogen) atoms. The summed E-state index contributed by atoms with van der Waals surface area (Å²) in [5, 5.41) is 12.2. The lowest BCUT2D eigenvalue weighted by molar-refractivity contribution is -0.117. The van der Waals surface area contributed by atoms with Gasteiger partial charge in [-0.1, -0.05) is 18.2 Å². The topological polar surface area (TPSA) is 69.6 Å². The van der Waals surface area contributed by atoms with Gasteiger partial charge in [-0.3, -0.25) is 4.79 Å². The zero-order chi connectivity index (χ0) is 15.5. The van der Waals surface area contributed by atoms with Crippen LogP contribution in [0, 0.1) is 0 Å². The van der Waals surface area contributed by atoms with Crippen LogP contribution in [-0.2, 0) is 4.79 Å². The first-order chi connectivity index (χ1) is 10.6. The Bertz CT molecular complexity index is 683. The first kappa shape index (κ1) is 14.1. The van der Waals surface area contributed by atoms with Gasteiger partial charge in [0.05, 0.1) is 11.6 Å². The minimum atomic E-state index is -0.946. The Labute approximate surface area is 128 Å². The second-order valence-corrected chi connectivity index (χ2v) is 5.27. The largest absolute Gasteiger partial charge is 0.478 e. The zero-order valence-electron chi connectivity index (χ0n) is 11.9. The first-order valence-corrected chi connectivity index (χ1v) is 7.09. The molecular weight excluding hydrogens is 280 g/mol. The number of benzene rings is 2. The average molecular weight is 296 g/mol. The van der Waals surface area contributed by atoms with Crippen molar-refractivity contribution in [2.75, 3.05) is 16.8 Å². The molecule has 1 amide bonds. The minimum absolute atomic E-state index is 0.0170. The van der Waals surface area contributed by atoms with Crippen LogP contribution >= 0.6 is 0 Å². The van der Waals surface area contributed by atoms with E-state index in [1.54, 1.807) is 29.2 Å². The Kier molecular flexibility index (Phi) is 3.78. The maximum absolute atomic E-state index is 12.1. The van der Waals surface area contributed by atoms with Crippen molar-refractivity contribution in [3.05, 3.63) is 60.2 Å². The van der Waals surface area contributed by atoms with E-state index < -0.39 is 5.97 Å². The highest BCUT2D eigenvalue weighted by Crippen LogP contribution is 2.23. The summed E-state index contributed by atoms with van der Waals surface area (Å²) in [4.78, 5) is 24.7. The standard InChI is InChI=1S/C17H16N2O3/c20-16-10-14(11-19(16)15-4-2-1-3-5-15)18-13-8-6-12(7-9-13)17(21)22/h1-9,14,18H,10-11H2,(H,21,22). The number of carbonyl (C=O) groups is 2. The van der Waals surface area contributed by atoms with Crippen molar-refractivity contribution >= 4 is 23.3 Å². The third-order valence-electron chi connectivity index (χ3n) is 3.70. The quantitative estimate of drug-likeness (QED) is 0.910. The van der Waals surface area contributed by atoms with E-state index >= 15 is 0 Å². The highest BCUT2D eigenvalue weighted by Gasteiger charge is 2.30. The molecule has 0 bridgehead atoms. The van der Waals surface area contributed by atoms with E-state index in [0.29, 0.717) is 13.0 Å². The van der Waals surface area contributed by atoms with Crippen molar-refractivity contribution in [2.45, 2.75) is 12.5 Å². The van der Waals surface area contributed by atoms with Crippen molar-refractivity contribution in [3.63, 3.8) is 0 Å². The van der Waals surface area contributed by atoms with Crippen LogP contribution in [0.25, 0.3) is 0 Å². The molecule has 0 spiro atoms. The molecule has 0 radical (unpaired) electrons. The third-order valence-corrected chi connectivity index (χ3v) is 3.70. The highest BCUT2D eigenvalue weighted by atomic mass is 16.4. The monoisotopic (exact) mass is 296 g/mol. The SMILES string of the molecule is O=C(O)c1ccc(NC2CC(=O)N(c3ccccc3)C2)cc1. The van der Waals surface area contributed by atoms with Crippen LogP contribution in [0.4, 0.5) is 11.4 Å². The number of carboxylic acids is 1.